The van der Waals surface area contributed by atoms with Gasteiger partial charge >= 0.3 is 0 Å². The van der Waals surface area contributed by atoms with E-state index in [1.807, 2.05) is 25.2 Å². The Morgan fingerprint density at radius 3 is 2.80 bits per heavy atom. The van der Waals surface area contributed by atoms with Crippen molar-refractivity contribution in [2.24, 2.45) is 12.8 Å². The Hall–Kier alpha value is -1.79. The van der Waals surface area contributed by atoms with E-state index >= 15 is 0 Å². The third-order valence-corrected chi connectivity index (χ3v) is 3.22. The van der Waals surface area contributed by atoms with Crippen molar-refractivity contribution in [2.45, 2.75) is 13.1 Å². The predicted molar refractivity (Wildman–Crippen MR) is 80.7 cm³/mol. The molecule has 0 unspecified atom stereocenters. The molecule has 0 bridgehead atoms. The van der Waals surface area contributed by atoms with E-state index in [2.05, 4.69) is 5.10 Å². The smallest absolute Gasteiger partial charge is 0.137 e. The number of nitrogens with two attached hydrogens (primary N) is 1. The molecule has 0 atom stereocenters. The van der Waals surface area contributed by atoms with E-state index in [1.54, 1.807) is 29.1 Å². The highest BCUT2D eigenvalue weighted by Crippen LogP contribution is 2.15. The first kappa shape index (κ1) is 14.6. The zero-order valence-electron chi connectivity index (χ0n) is 11.5. The minimum absolute atomic E-state index is 0.0827. The van der Waals surface area contributed by atoms with E-state index < -0.39 is 0 Å². The Bertz CT molecular complexity index is 623. The lowest BCUT2D eigenvalue weighted by Crippen LogP contribution is -2.19. The number of halogens is 1. The first-order chi connectivity index (χ1) is 9.47. The number of rotatable bonds is 5. The van der Waals surface area contributed by atoms with Gasteiger partial charge in [-0.05, 0) is 13.1 Å². The van der Waals surface area contributed by atoms with Gasteiger partial charge in [0.1, 0.15) is 10.8 Å². The quantitative estimate of drug-likeness (QED) is 0.854. The second kappa shape index (κ2) is 6.11. The van der Waals surface area contributed by atoms with Crippen LogP contribution in [0.5, 0.6) is 0 Å². The maximum Gasteiger partial charge on any atom is 0.137 e. The Labute approximate surface area is 123 Å². The van der Waals surface area contributed by atoms with Crippen LogP contribution in [0.2, 0.25) is 0 Å². The standard InChI is InChI=1S/C14H17FN4S/c1-18(7-10-6-17-19(2)8-10)9-11-4-3-5-12(13(11)15)14(16)20/h3-6,8H,7,9H2,1-2H3,(H2,16,20). The summed E-state index contributed by atoms with van der Waals surface area (Å²) in [6.07, 6.45) is 3.75. The molecule has 0 aliphatic heterocycles. The third-order valence-electron chi connectivity index (χ3n) is 3.00. The average Bonchev–Trinajstić information content (AvgIpc) is 2.77. The van der Waals surface area contributed by atoms with Crippen LogP contribution in [-0.2, 0) is 20.1 Å². The molecule has 4 nitrogen and oxygen atoms in total. The van der Waals surface area contributed by atoms with Crippen molar-refractivity contribution in [1.29, 1.82) is 0 Å². The van der Waals surface area contributed by atoms with Crippen LogP contribution in [0.4, 0.5) is 4.39 Å². The highest BCUT2D eigenvalue weighted by molar-refractivity contribution is 7.80. The number of aryl methyl sites for hydroxylation is 1. The molecule has 106 valence electrons. The summed E-state index contributed by atoms with van der Waals surface area (Å²) in [5.41, 5.74) is 7.47. The van der Waals surface area contributed by atoms with Crippen molar-refractivity contribution in [2.75, 3.05) is 7.05 Å². The highest BCUT2D eigenvalue weighted by atomic mass is 32.1. The van der Waals surface area contributed by atoms with Crippen LogP contribution in [0.15, 0.2) is 30.6 Å². The first-order valence-corrected chi connectivity index (χ1v) is 6.61. The molecule has 20 heavy (non-hydrogen) atoms. The summed E-state index contributed by atoms with van der Waals surface area (Å²) in [6, 6.07) is 5.12. The van der Waals surface area contributed by atoms with Gasteiger partial charge in [-0.3, -0.25) is 9.58 Å². The van der Waals surface area contributed by atoms with E-state index in [0.29, 0.717) is 24.2 Å². The Morgan fingerprint density at radius 2 is 2.20 bits per heavy atom. The molecule has 0 radical (unpaired) electrons. The number of benzene rings is 1. The molecule has 0 spiro atoms. The fraction of sp³-hybridized carbons (Fsp3) is 0.286. The van der Waals surface area contributed by atoms with Crippen molar-refractivity contribution in [3.63, 3.8) is 0 Å². The molecule has 0 saturated heterocycles. The van der Waals surface area contributed by atoms with E-state index in [4.69, 9.17) is 18.0 Å². The van der Waals surface area contributed by atoms with Gasteiger partial charge in [0, 0.05) is 43.0 Å². The van der Waals surface area contributed by atoms with Gasteiger partial charge in [0.05, 0.1) is 6.20 Å². The van der Waals surface area contributed by atoms with Crippen molar-refractivity contribution in [1.82, 2.24) is 14.7 Å². The second-order valence-corrected chi connectivity index (χ2v) is 5.28. The summed E-state index contributed by atoms with van der Waals surface area (Å²) < 4.78 is 16.0. The van der Waals surface area contributed by atoms with Gasteiger partial charge in [-0.2, -0.15) is 5.10 Å². The summed E-state index contributed by atoms with van der Waals surface area (Å²) in [4.78, 5) is 2.10. The lowest BCUT2D eigenvalue weighted by atomic mass is 10.1. The van der Waals surface area contributed by atoms with Crippen molar-refractivity contribution in [3.05, 3.63) is 53.1 Å². The fourth-order valence-corrected chi connectivity index (χ4v) is 2.26. The number of hydrogen-bond acceptors (Lipinski definition) is 3. The van der Waals surface area contributed by atoms with E-state index in [0.717, 1.165) is 5.56 Å². The normalized spacial score (nSPS) is 11.0. The third kappa shape index (κ3) is 3.40. The molecule has 0 aliphatic rings. The molecule has 1 aromatic carbocycles. The van der Waals surface area contributed by atoms with Crippen LogP contribution in [0.25, 0.3) is 0 Å². The molecule has 1 aromatic heterocycles. The zero-order valence-corrected chi connectivity index (χ0v) is 12.3. The van der Waals surface area contributed by atoms with Gasteiger partial charge in [-0.1, -0.05) is 24.4 Å². The second-order valence-electron chi connectivity index (χ2n) is 4.84. The summed E-state index contributed by atoms with van der Waals surface area (Å²) in [5.74, 6) is -0.335. The van der Waals surface area contributed by atoms with Crippen LogP contribution < -0.4 is 5.73 Å². The SMILES string of the molecule is CN(Cc1cnn(C)c1)Cc1cccc(C(N)=S)c1F. The maximum atomic E-state index is 14.2. The number of nitrogens with zero attached hydrogens (tertiary/aromatic N) is 3. The molecule has 0 amide bonds. The minimum Gasteiger partial charge on any atom is -0.389 e. The minimum atomic E-state index is -0.335. The lowest BCUT2D eigenvalue weighted by Gasteiger charge is -2.17. The topological polar surface area (TPSA) is 47.1 Å². The molecule has 2 N–H and O–H groups in total. The molecule has 1 heterocycles. The van der Waals surface area contributed by atoms with Crippen LogP contribution in [0.3, 0.4) is 0 Å². The molecule has 2 aromatic rings. The molecule has 0 fully saturated rings. The molecule has 2 rings (SSSR count). The maximum absolute atomic E-state index is 14.2. The van der Waals surface area contributed by atoms with Gasteiger partial charge in [0.25, 0.3) is 0 Å². The Balaban J connectivity index is 2.09. The molecular formula is C14H17FN4S. The lowest BCUT2D eigenvalue weighted by molar-refractivity contribution is 0.313. The summed E-state index contributed by atoms with van der Waals surface area (Å²) in [5, 5.41) is 4.11. The van der Waals surface area contributed by atoms with E-state index in [1.165, 1.54) is 0 Å². The molecule has 6 heteroatoms. The van der Waals surface area contributed by atoms with Gasteiger partial charge in [-0.15, -0.1) is 0 Å². The zero-order chi connectivity index (χ0) is 14.7. The van der Waals surface area contributed by atoms with Crippen LogP contribution >= 0.6 is 12.2 Å². The average molecular weight is 292 g/mol. The summed E-state index contributed by atoms with van der Waals surface area (Å²) in [7, 11) is 3.80. The monoisotopic (exact) mass is 292 g/mol. The number of hydrogen-bond donors (Lipinski definition) is 1. The summed E-state index contributed by atoms with van der Waals surface area (Å²) >= 11 is 4.84. The van der Waals surface area contributed by atoms with Crippen molar-refractivity contribution >= 4 is 17.2 Å². The Kier molecular flexibility index (Phi) is 4.46. The molecule has 0 saturated carbocycles. The number of aromatic nitrogens is 2. The van der Waals surface area contributed by atoms with Gasteiger partial charge in [0.15, 0.2) is 0 Å². The first-order valence-electron chi connectivity index (χ1n) is 6.20. The van der Waals surface area contributed by atoms with Crippen molar-refractivity contribution in [3.8, 4) is 0 Å². The largest absolute Gasteiger partial charge is 0.389 e. The van der Waals surface area contributed by atoms with Gasteiger partial charge in [-0.25, -0.2) is 4.39 Å². The Morgan fingerprint density at radius 1 is 1.45 bits per heavy atom. The van der Waals surface area contributed by atoms with Gasteiger partial charge < -0.3 is 5.73 Å². The number of thiocarbonyl (C=S) groups is 1. The molecule has 0 aliphatic carbocycles. The van der Waals surface area contributed by atoms with Crippen LogP contribution in [-0.4, -0.2) is 26.7 Å². The van der Waals surface area contributed by atoms with Gasteiger partial charge in [0.2, 0.25) is 0 Å². The van der Waals surface area contributed by atoms with E-state index in [9.17, 15) is 4.39 Å². The highest BCUT2D eigenvalue weighted by Gasteiger charge is 2.12. The van der Waals surface area contributed by atoms with Crippen molar-refractivity contribution < 1.29 is 4.39 Å². The fourth-order valence-electron chi connectivity index (χ4n) is 2.10. The molecular weight excluding hydrogens is 275 g/mol. The predicted octanol–water partition coefficient (Wildman–Crippen LogP) is 1.83. The van der Waals surface area contributed by atoms with E-state index in [-0.39, 0.29) is 10.8 Å². The summed E-state index contributed by atoms with van der Waals surface area (Å²) in [6.45, 7) is 1.18. The van der Waals surface area contributed by atoms with Crippen LogP contribution in [0.1, 0.15) is 16.7 Å². The van der Waals surface area contributed by atoms with Crippen LogP contribution in [0, 0.1) is 5.82 Å².